The van der Waals surface area contributed by atoms with E-state index in [4.69, 9.17) is 5.73 Å². The first kappa shape index (κ1) is 11.4. The molecule has 0 saturated carbocycles. The number of benzene rings is 1. The van der Waals surface area contributed by atoms with Gasteiger partial charge in [0.15, 0.2) is 0 Å². The van der Waals surface area contributed by atoms with Crippen LogP contribution in [-0.2, 0) is 10.0 Å². The van der Waals surface area contributed by atoms with Crippen molar-refractivity contribution in [3.05, 3.63) is 28.7 Å². The molecule has 0 unspecified atom stereocenters. The second kappa shape index (κ2) is 4.06. The lowest BCUT2D eigenvalue weighted by atomic mass is 10.4. The molecule has 16 heavy (non-hydrogen) atoms. The van der Waals surface area contributed by atoms with E-state index in [2.05, 4.69) is 21.0 Å². The molecule has 1 aromatic rings. The van der Waals surface area contributed by atoms with Crippen molar-refractivity contribution in [2.45, 2.75) is 11.3 Å². The van der Waals surface area contributed by atoms with Crippen LogP contribution in [0.5, 0.6) is 0 Å². The molecule has 0 amide bonds. The fourth-order valence-electron chi connectivity index (χ4n) is 1.36. The lowest BCUT2D eigenvalue weighted by Gasteiger charge is -2.13. The number of hydrogen-bond acceptors (Lipinski definition) is 4. The highest BCUT2D eigenvalue weighted by atomic mass is 79.9. The number of nitrogens with zero attached hydrogens (tertiary/aromatic N) is 2. The first-order chi connectivity index (χ1) is 7.50. The van der Waals surface area contributed by atoms with E-state index in [1.807, 2.05) is 0 Å². The molecular formula is C9H10BrN3O2S. The highest BCUT2D eigenvalue weighted by Crippen LogP contribution is 2.21. The minimum absolute atomic E-state index is 0.217. The van der Waals surface area contributed by atoms with Crippen LogP contribution in [0.25, 0.3) is 0 Å². The van der Waals surface area contributed by atoms with Crippen LogP contribution in [0.3, 0.4) is 0 Å². The molecule has 0 atom stereocenters. The van der Waals surface area contributed by atoms with Gasteiger partial charge in [0.05, 0.1) is 11.4 Å². The van der Waals surface area contributed by atoms with E-state index in [-0.39, 0.29) is 4.90 Å². The number of nitrogens with two attached hydrogens (primary N) is 1. The largest absolute Gasteiger partial charge is 0.386 e. The molecule has 1 aliphatic heterocycles. The molecule has 5 nitrogen and oxygen atoms in total. The summed E-state index contributed by atoms with van der Waals surface area (Å²) in [6, 6.07) is 6.42. The van der Waals surface area contributed by atoms with Crippen LogP contribution in [0.1, 0.15) is 6.42 Å². The Labute approximate surface area is 102 Å². The molecular weight excluding hydrogens is 294 g/mol. The molecule has 2 rings (SSSR count). The zero-order valence-corrected chi connectivity index (χ0v) is 10.7. The summed E-state index contributed by atoms with van der Waals surface area (Å²) in [6.07, 6.45) is 0.482. The van der Waals surface area contributed by atoms with Crippen LogP contribution in [0.15, 0.2) is 38.7 Å². The van der Waals surface area contributed by atoms with E-state index in [9.17, 15) is 8.42 Å². The van der Waals surface area contributed by atoms with Crippen LogP contribution in [0.2, 0.25) is 0 Å². The summed E-state index contributed by atoms with van der Waals surface area (Å²) in [7, 11) is -3.54. The number of rotatable bonds is 2. The Hall–Kier alpha value is -1.08. The average molecular weight is 304 g/mol. The van der Waals surface area contributed by atoms with E-state index in [1.165, 1.54) is 12.1 Å². The number of sulfonamides is 1. The van der Waals surface area contributed by atoms with Crippen LogP contribution < -0.4 is 5.73 Å². The van der Waals surface area contributed by atoms with Gasteiger partial charge in [0.2, 0.25) is 0 Å². The summed E-state index contributed by atoms with van der Waals surface area (Å²) < 4.78 is 25.9. The maximum absolute atomic E-state index is 12.0. The predicted octanol–water partition coefficient (Wildman–Crippen LogP) is 1.12. The summed E-state index contributed by atoms with van der Waals surface area (Å²) in [5.41, 5.74) is 5.46. The van der Waals surface area contributed by atoms with Crippen molar-refractivity contribution >= 4 is 31.8 Å². The normalized spacial score (nSPS) is 16.3. The van der Waals surface area contributed by atoms with Crippen LogP contribution >= 0.6 is 15.9 Å². The van der Waals surface area contributed by atoms with Crippen molar-refractivity contribution in [3.63, 3.8) is 0 Å². The van der Waals surface area contributed by atoms with Gasteiger partial charge < -0.3 is 5.73 Å². The van der Waals surface area contributed by atoms with Crippen molar-refractivity contribution < 1.29 is 8.42 Å². The van der Waals surface area contributed by atoms with E-state index in [1.54, 1.807) is 12.1 Å². The molecule has 0 bridgehead atoms. The Morgan fingerprint density at radius 1 is 1.31 bits per heavy atom. The minimum Gasteiger partial charge on any atom is -0.386 e. The van der Waals surface area contributed by atoms with Gasteiger partial charge in [-0.2, -0.15) is 12.8 Å². The maximum atomic E-state index is 12.0. The van der Waals surface area contributed by atoms with Gasteiger partial charge in [-0.1, -0.05) is 15.9 Å². The van der Waals surface area contributed by atoms with Crippen molar-refractivity contribution in [1.29, 1.82) is 0 Å². The third-order valence-electron chi connectivity index (χ3n) is 2.19. The molecule has 2 N–H and O–H groups in total. The average Bonchev–Trinajstić information content (AvgIpc) is 2.66. The summed E-state index contributed by atoms with van der Waals surface area (Å²) in [4.78, 5) is 0.217. The van der Waals surface area contributed by atoms with Gasteiger partial charge in [-0.3, -0.25) is 0 Å². The third-order valence-corrected chi connectivity index (χ3v) is 4.40. The zero-order valence-electron chi connectivity index (χ0n) is 8.30. The molecule has 1 aromatic carbocycles. The Morgan fingerprint density at radius 3 is 2.44 bits per heavy atom. The summed E-state index contributed by atoms with van der Waals surface area (Å²) in [5, 5.41) is 3.79. The Balaban J connectivity index is 2.36. The Kier molecular flexibility index (Phi) is 2.90. The first-order valence-corrected chi connectivity index (χ1v) is 6.85. The standard InChI is InChI=1S/C9H10BrN3O2S/c10-7-1-3-8(4-2-7)16(14,15)13-6-5-9(11)12-13/h1-4H,5-6H2,(H2,11,12). The van der Waals surface area contributed by atoms with Crippen LogP contribution in [0.4, 0.5) is 0 Å². The monoisotopic (exact) mass is 303 g/mol. The SMILES string of the molecule is NC1=NN(S(=O)(=O)c2ccc(Br)cc2)CC1. The Morgan fingerprint density at radius 2 is 1.94 bits per heavy atom. The lowest BCUT2D eigenvalue weighted by Crippen LogP contribution is -2.23. The quantitative estimate of drug-likeness (QED) is 0.889. The van der Waals surface area contributed by atoms with Crippen molar-refractivity contribution in [2.75, 3.05) is 6.54 Å². The van der Waals surface area contributed by atoms with Crippen LogP contribution in [0, 0.1) is 0 Å². The van der Waals surface area contributed by atoms with E-state index in [0.29, 0.717) is 18.8 Å². The topological polar surface area (TPSA) is 75.8 Å². The molecule has 7 heteroatoms. The van der Waals surface area contributed by atoms with Gasteiger partial charge in [-0.25, -0.2) is 0 Å². The second-order valence-electron chi connectivity index (χ2n) is 3.35. The third kappa shape index (κ3) is 2.05. The van der Waals surface area contributed by atoms with Crippen molar-refractivity contribution in [2.24, 2.45) is 10.8 Å². The number of hydrogen-bond donors (Lipinski definition) is 1. The van der Waals surface area contributed by atoms with Crippen molar-refractivity contribution in [1.82, 2.24) is 4.41 Å². The maximum Gasteiger partial charge on any atom is 0.279 e. The fraction of sp³-hybridized carbons (Fsp3) is 0.222. The van der Waals surface area contributed by atoms with Gasteiger partial charge in [0.1, 0.15) is 5.84 Å². The summed E-state index contributed by atoms with van der Waals surface area (Å²) >= 11 is 3.25. The first-order valence-electron chi connectivity index (χ1n) is 4.61. The minimum atomic E-state index is -3.54. The van der Waals surface area contributed by atoms with E-state index >= 15 is 0 Å². The highest BCUT2D eigenvalue weighted by molar-refractivity contribution is 9.10. The second-order valence-corrected chi connectivity index (χ2v) is 6.10. The van der Waals surface area contributed by atoms with Crippen LogP contribution in [-0.4, -0.2) is 25.2 Å². The molecule has 0 fully saturated rings. The smallest absolute Gasteiger partial charge is 0.279 e. The van der Waals surface area contributed by atoms with E-state index < -0.39 is 10.0 Å². The lowest BCUT2D eigenvalue weighted by molar-refractivity contribution is 0.461. The number of halogens is 1. The molecule has 1 aliphatic rings. The van der Waals surface area contributed by atoms with Gasteiger partial charge in [0, 0.05) is 10.9 Å². The predicted molar refractivity (Wildman–Crippen MR) is 64.3 cm³/mol. The summed E-state index contributed by atoms with van der Waals surface area (Å²) in [5.74, 6) is 0.348. The highest BCUT2D eigenvalue weighted by Gasteiger charge is 2.26. The van der Waals surface area contributed by atoms with E-state index in [0.717, 1.165) is 8.89 Å². The van der Waals surface area contributed by atoms with Gasteiger partial charge >= 0.3 is 0 Å². The van der Waals surface area contributed by atoms with Gasteiger partial charge in [0.25, 0.3) is 10.0 Å². The van der Waals surface area contributed by atoms with Crippen molar-refractivity contribution in [3.8, 4) is 0 Å². The molecule has 1 heterocycles. The van der Waals surface area contributed by atoms with Gasteiger partial charge in [-0.15, -0.1) is 5.10 Å². The number of amidine groups is 1. The zero-order chi connectivity index (χ0) is 11.8. The summed E-state index contributed by atoms with van der Waals surface area (Å²) in [6.45, 7) is 0.310. The Bertz CT molecular complexity index is 524. The number of hydrazone groups is 1. The molecule has 0 spiro atoms. The molecule has 0 aliphatic carbocycles. The molecule has 0 aromatic heterocycles. The molecule has 0 radical (unpaired) electrons. The fourth-order valence-corrected chi connectivity index (χ4v) is 2.89. The molecule has 86 valence electrons. The molecule has 0 saturated heterocycles. The van der Waals surface area contributed by atoms with Gasteiger partial charge in [-0.05, 0) is 24.3 Å².